The largest absolute Gasteiger partial charge is 0.378 e. The number of benzene rings is 1. The van der Waals surface area contributed by atoms with Crippen LogP contribution < -0.4 is 10.6 Å². The van der Waals surface area contributed by atoms with Gasteiger partial charge in [-0.15, -0.1) is 12.4 Å². The van der Waals surface area contributed by atoms with Crippen LogP contribution in [0.2, 0.25) is 0 Å². The quantitative estimate of drug-likeness (QED) is 0.717. The fraction of sp³-hybridized carbons (Fsp3) is 0.579. The van der Waals surface area contributed by atoms with E-state index >= 15 is 0 Å². The number of nitrogens with zero attached hydrogens (tertiary/aromatic N) is 1. The minimum absolute atomic E-state index is 0. The smallest absolute Gasteiger partial charge is 0.256 e. The van der Waals surface area contributed by atoms with Gasteiger partial charge >= 0.3 is 0 Å². The highest BCUT2D eigenvalue weighted by Gasteiger charge is 2.29. The highest BCUT2D eigenvalue weighted by atomic mass is 35.5. The maximum atomic E-state index is 12.6. The van der Waals surface area contributed by atoms with Crippen LogP contribution in [0.15, 0.2) is 30.3 Å². The number of aliphatic hydroxyl groups excluding tert-OH is 1. The molecule has 0 aromatic heterocycles. The molecule has 26 heavy (non-hydrogen) atoms. The van der Waals surface area contributed by atoms with Crippen molar-refractivity contribution >= 4 is 24.2 Å². The summed E-state index contributed by atoms with van der Waals surface area (Å²) in [5.41, 5.74) is 0.621. The molecule has 3 rings (SSSR count). The van der Waals surface area contributed by atoms with E-state index in [1.165, 1.54) is 0 Å². The molecular formula is C19H28ClN3O3. The molecule has 6 nitrogen and oxygen atoms in total. The Balaban J connectivity index is 0.00000243. The van der Waals surface area contributed by atoms with Gasteiger partial charge in [0, 0.05) is 19.6 Å². The van der Waals surface area contributed by atoms with E-state index in [1.54, 1.807) is 17.0 Å². The molecule has 3 N–H and O–H groups in total. The van der Waals surface area contributed by atoms with Crippen LogP contribution in [0.5, 0.6) is 0 Å². The Hall–Kier alpha value is -1.63. The maximum Gasteiger partial charge on any atom is 0.256 e. The molecule has 0 radical (unpaired) electrons. The molecule has 3 unspecified atom stereocenters. The molecule has 2 aliphatic heterocycles. The third kappa shape index (κ3) is 5.19. The number of halogens is 1. The van der Waals surface area contributed by atoms with E-state index in [-0.39, 0.29) is 36.2 Å². The lowest BCUT2D eigenvalue weighted by Crippen LogP contribution is -2.47. The summed E-state index contributed by atoms with van der Waals surface area (Å²) in [5, 5.41) is 16.5. The van der Waals surface area contributed by atoms with Crippen LogP contribution in [0, 0.1) is 5.92 Å². The lowest BCUT2D eigenvalue weighted by Gasteiger charge is -2.34. The molecule has 3 atom stereocenters. The summed E-state index contributed by atoms with van der Waals surface area (Å²) in [6.45, 7) is 2.74. The van der Waals surface area contributed by atoms with Crippen molar-refractivity contribution in [3.8, 4) is 0 Å². The zero-order chi connectivity index (χ0) is 17.6. The molecule has 1 aromatic carbocycles. The average molecular weight is 382 g/mol. The first-order valence-electron chi connectivity index (χ1n) is 9.18. The first-order chi connectivity index (χ1) is 12.1. The number of aliphatic hydroxyl groups is 1. The number of hydrogen-bond acceptors (Lipinski definition) is 4. The predicted molar refractivity (Wildman–Crippen MR) is 102 cm³/mol. The molecule has 0 bridgehead atoms. The molecule has 0 spiro atoms. The van der Waals surface area contributed by atoms with Gasteiger partial charge in [-0.1, -0.05) is 30.3 Å². The first kappa shape index (κ1) is 20.7. The van der Waals surface area contributed by atoms with Crippen LogP contribution >= 0.6 is 12.4 Å². The van der Waals surface area contributed by atoms with Gasteiger partial charge in [-0.25, -0.2) is 0 Å². The molecule has 2 fully saturated rings. The summed E-state index contributed by atoms with van der Waals surface area (Å²) in [6, 6.07) is 8.95. The van der Waals surface area contributed by atoms with E-state index in [4.69, 9.17) is 0 Å². The monoisotopic (exact) mass is 381 g/mol. The second-order valence-corrected chi connectivity index (χ2v) is 7.00. The van der Waals surface area contributed by atoms with Gasteiger partial charge in [-0.05, 0) is 43.7 Å². The number of amides is 2. The Morgan fingerprint density at radius 3 is 2.69 bits per heavy atom. The van der Waals surface area contributed by atoms with Gasteiger partial charge in [-0.3, -0.25) is 9.59 Å². The lowest BCUT2D eigenvalue weighted by atomic mass is 9.96. The van der Waals surface area contributed by atoms with E-state index in [0.29, 0.717) is 25.2 Å². The van der Waals surface area contributed by atoms with Crippen molar-refractivity contribution < 1.29 is 14.7 Å². The van der Waals surface area contributed by atoms with E-state index < -0.39 is 6.10 Å². The summed E-state index contributed by atoms with van der Waals surface area (Å²) in [6.07, 6.45) is 2.71. The van der Waals surface area contributed by atoms with Crippen molar-refractivity contribution in [2.24, 2.45) is 5.92 Å². The highest BCUT2D eigenvalue weighted by molar-refractivity contribution is 5.85. The average Bonchev–Trinajstić information content (AvgIpc) is 3.21. The molecule has 0 aliphatic carbocycles. The SMILES string of the molecule is Cl.O=C(NCC1CCCN(C(=O)C(O)c2ccccc2)C1)C1CCCN1. The standard InChI is InChI=1S/C19H27N3O3.ClH/c23-17(15-7-2-1-3-8-15)19(25)22-11-5-6-14(13-22)12-21-18(24)16-9-4-10-20-16;/h1-3,7-8,14,16-17,20,23H,4-6,9-13H2,(H,21,24);1H. The lowest BCUT2D eigenvalue weighted by molar-refractivity contribution is -0.142. The van der Waals surface area contributed by atoms with E-state index in [9.17, 15) is 14.7 Å². The molecule has 2 amide bonds. The van der Waals surface area contributed by atoms with Crippen LogP contribution in [-0.2, 0) is 9.59 Å². The zero-order valence-electron chi connectivity index (χ0n) is 14.9. The molecule has 144 valence electrons. The van der Waals surface area contributed by atoms with Crippen molar-refractivity contribution in [2.45, 2.75) is 37.8 Å². The van der Waals surface area contributed by atoms with E-state index in [0.717, 1.165) is 32.2 Å². The van der Waals surface area contributed by atoms with Crippen molar-refractivity contribution in [3.05, 3.63) is 35.9 Å². The molecule has 7 heteroatoms. The second kappa shape index (κ2) is 9.90. The number of hydrogen-bond donors (Lipinski definition) is 3. The van der Waals surface area contributed by atoms with Gasteiger partial charge in [0.15, 0.2) is 6.10 Å². The van der Waals surface area contributed by atoms with E-state index in [1.807, 2.05) is 18.2 Å². The first-order valence-corrected chi connectivity index (χ1v) is 9.18. The van der Waals surface area contributed by atoms with Gasteiger partial charge in [0.25, 0.3) is 5.91 Å². The Morgan fingerprint density at radius 2 is 2.00 bits per heavy atom. The summed E-state index contributed by atoms with van der Waals surface area (Å²) < 4.78 is 0. The van der Waals surface area contributed by atoms with Crippen LogP contribution in [-0.4, -0.2) is 54.0 Å². The van der Waals surface area contributed by atoms with Crippen LogP contribution in [0.4, 0.5) is 0 Å². The van der Waals surface area contributed by atoms with Crippen LogP contribution in [0.1, 0.15) is 37.4 Å². The number of carbonyl (C=O) groups is 2. The van der Waals surface area contributed by atoms with Crippen molar-refractivity contribution in [2.75, 3.05) is 26.2 Å². The summed E-state index contributed by atoms with van der Waals surface area (Å²) in [5.74, 6) is 0.0518. The van der Waals surface area contributed by atoms with E-state index in [2.05, 4.69) is 10.6 Å². The Bertz CT molecular complexity index is 593. The minimum atomic E-state index is -1.11. The van der Waals surface area contributed by atoms with Crippen LogP contribution in [0.25, 0.3) is 0 Å². The van der Waals surface area contributed by atoms with Gasteiger partial charge < -0.3 is 20.6 Å². The summed E-state index contributed by atoms with van der Waals surface area (Å²) >= 11 is 0. The van der Waals surface area contributed by atoms with Gasteiger partial charge in [0.2, 0.25) is 5.91 Å². The Labute approximate surface area is 160 Å². The molecule has 0 saturated carbocycles. The fourth-order valence-corrected chi connectivity index (χ4v) is 3.66. The molecule has 2 saturated heterocycles. The molecule has 2 aliphatic rings. The highest BCUT2D eigenvalue weighted by Crippen LogP contribution is 2.21. The molecule has 1 aromatic rings. The number of piperidine rings is 1. The third-order valence-electron chi connectivity index (χ3n) is 5.12. The van der Waals surface area contributed by atoms with Gasteiger partial charge in [0.1, 0.15) is 0 Å². The minimum Gasteiger partial charge on any atom is -0.378 e. The van der Waals surface area contributed by atoms with Crippen molar-refractivity contribution in [1.82, 2.24) is 15.5 Å². The third-order valence-corrected chi connectivity index (χ3v) is 5.12. The fourth-order valence-electron chi connectivity index (χ4n) is 3.66. The zero-order valence-corrected chi connectivity index (χ0v) is 15.7. The summed E-state index contributed by atoms with van der Waals surface area (Å²) in [7, 11) is 0. The maximum absolute atomic E-state index is 12.6. The number of carbonyl (C=O) groups excluding carboxylic acids is 2. The van der Waals surface area contributed by atoms with Crippen molar-refractivity contribution in [3.63, 3.8) is 0 Å². The summed E-state index contributed by atoms with van der Waals surface area (Å²) in [4.78, 5) is 26.4. The number of nitrogens with one attached hydrogen (secondary N) is 2. The van der Waals surface area contributed by atoms with Gasteiger partial charge in [-0.2, -0.15) is 0 Å². The Kier molecular flexibility index (Phi) is 7.87. The Morgan fingerprint density at radius 1 is 1.23 bits per heavy atom. The van der Waals surface area contributed by atoms with Gasteiger partial charge in [0.05, 0.1) is 6.04 Å². The normalized spacial score (nSPS) is 23.8. The second-order valence-electron chi connectivity index (χ2n) is 7.00. The van der Waals surface area contributed by atoms with Crippen molar-refractivity contribution in [1.29, 1.82) is 0 Å². The number of rotatable bonds is 5. The number of likely N-dealkylation sites (tertiary alicyclic amines) is 1. The van der Waals surface area contributed by atoms with Crippen LogP contribution in [0.3, 0.4) is 0 Å². The molecule has 2 heterocycles. The predicted octanol–water partition coefficient (Wildman–Crippen LogP) is 1.25. The molecular weight excluding hydrogens is 354 g/mol. The topological polar surface area (TPSA) is 81.7 Å².